The molecule has 0 spiro atoms. The third-order valence-corrected chi connectivity index (χ3v) is 1.86. The van der Waals surface area contributed by atoms with Gasteiger partial charge in [0.2, 0.25) is 5.76 Å². The molecule has 0 aromatic carbocycles. The van der Waals surface area contributed by atoms with Gasteiger partial charge in [0.25, 0.3) is 5.91 Å². The fourth-order valence-electron chi connectivity index (χ4n) is 1.02. The molecular formula is C9H13NO6. The number of aliphatic carboxylic acids is 1. The van der Waals surface area contributed by atoms with E-state index in [-0.39, 0.29) is 18.7 Å². The van der Waals surface area contributed by atoms with E-state index in [2.05, 4.69) is 5.32 Å². The Hall–Kier alpha value is -1.76. The third kappa shape index (κ3) is 3.77. The summed E-state index contributed by atoms with van der Waals surface area (Å²) in [5.41, 5.74) is 0. The van der Waals surface area contributed by atoms with Crippen LogP contribution in [0, 0.1) is 0 Å². The van der Waals surface area contributed by atoms with E-state index in [1.165, 1.54) is 6.26 Å². The highest BCUT2D eigenvalue weighted by molar-refractivity contribution is 5.91. The molecule has 0 radical (unpaired) electrons. The number of carboxylic acid groups (broad SMARTS) is 1. The van der Waals surface area contributed by atoms with Crippen LogP contribution in [0.3, 0.4) is 0 Å². The predicted molar refractivity (Wildman–Crippen MR) is 51.3 cm³/mol. The second-order valence-electron chi connectivity index (χ2n) is 3.10. The lowest BCUT2D eigenvalue weighted by Gasteiger charge is -2.15. The summed E-state index contributed by atoms with van der Waals surface area (Å²) in [5, 5.41) is 19.7. The summed E-state index contributed by atoms with van der Waals surface area (Å²) in [6, 6.07) is 0. The van der Waals surface area contributed by atoms with Crippen LogP contribution >= 0.6 is 0 Å². The Kier molecular flexibility index (Phi) is 4.59. The highest BCUT2D eigenvalue weighted by Crippen LogP contribution is 2.03. The molecule has 7 heteroatoms. The van der Waals surface area contributed by atoms with Crippen molar-refractivity contribution >= 4 is 11.9 Å². The Morgan fingerprint density at radius 2 is 2.25 bits per heavy atom. The van der Waals surface area contributed by atoms with E-state index < -0.39 is 18.0 Å². The van der Waals surface area contributed by atoms with Crippen LogP contribution in [-0.2, 0) is 19.1 Å². The van der Waals surface area contributed by atoms with E-state index >= 15 is 0 Å². The summed E-state index contributed by atoms with van der Waals surface area (Å²) >= 11 is 0. The maximum atomic E-state index is 11.3. The molecular weight excluding hydrogens is 218 g/mol. The van der Waals surface area contributed by atoms with Crippen LogP contribution in [0.2, 0.25) is 0 Å². The molecule has 1 rings (SSSR count). The minimum atomic E-state index is -1.47. The van der Waals surface area contributed by atoms with Gasteiger partial charge < -0.3 is 25.0 Å². The van der Waals surface area contributed by atoms with Crippen molar-refractivity contribution in [2.45, 2.75) is 12.5 Å². The molecule has 0 saturated heterocycles. The molecule has 1 aliphatic heterocycles. The first-order chi connectivity index (χ1) is 7.61. The van der Waals surface area contributed by atoms with E-state index in [4.69, 9.17) is 19.7 Å². The van der Waals surface area contributed by atoms with Crippen LogP contribution in [0.25, 0.3) is 0 Å². The molecule has 0 fully saturated rings. The average Bonchev–Trinajstić information content (AvgIpc) is 2.29. The number of aliphatic hydroxyl groups excluding tert-OH is 1. The molecule has 7 nitrogen and oxygen atoms in total. The molecule has 0 saturated carbocycles. The van der Waals surface area contributed by atoms with Gasteiger partial charge in [-0.25, -0.2) is 4.79 Å². The van der Waals surface area contributed by atoms with Crippen molar-refractivity contribution in [1.29, 1.82) is 0 Å². The summed E-state index contributed by atoms with van der Waals surface area (Å²) < 4.78 is 9.87. The zero-order valence-corrected chi connectivity index (χ0v) is 8.51. The van der Waals surface area contributed by atoms with Gasteiger partial charge in [0.1, 0.15) is 19.5 Å². The molecule has 90 valence electrons. The number of nitrogens with one attached hydrogen (secondary N) is 1. The molecule has 1 atom stereocenters. The Morgan fingerprint density at radius 3 is 2.81 bits per heavy atom. The number of amides is 1. The largest absolute Gasteiger partial charge is 0.494 e. The maximum Gasteiger partial charge on any atom is 0.332 e. The van der Waals surface area contributed by atoms with Crippen molar-refractivity contribution in [3.8, 4) is 0 Å². The molecule has 0 unspecified atom stereocenters. The van der Waals surface area contributed by atoms with Gasteiger partial charge in [-0.3, -0.25) is 4.79 Å². The zero-order valence-electron chi connectivity index (χ0n) is 8.51. The fourth-order valence-corrected chi connectivity index (χ4v) is 1.02. The summed E-state index contributed by atoms with van der Waals surface area (Å²) in [6.07, 6.45) is -0.334. The number of hydrogen-bond donors (Lipinski definition) is 3. The summed E-state index contributed by atoms with van der Waals surface area (Å²) in [7, 11) is 0. The number of carboxylic acids is 1. The summed E-state index contributed by atoms with van der Waals surface area (Å²) in [4.78, 5) is 21.6. The molecule has 1 amide bonds. The van der Waals surface area contributed by atoms with E-state index in [0.29, 0.717) is 13.2 Å². The van der Waals surface area contributed by atoms with Crippen molar-refractivity contribution in [3.05, 3.63) is 12.0 Å². The molecule has 1 heterocycles. The molecule has 1 aliphatic rings. The SMILES string of the molecule is O=C(NCC[C@H](O)C(=O)O)C1=COCCO1. The van der Waals surface area contributed by atoms with Gasteiger partial charge >= 0.3 is 5.97 Å². The van der Waals surface area contributed by atoms with Crippen LogP contribution in [0.5, 0.6) is 0 Å². The summed E-state index contributed by atoms with van der Waals surface area (Å²) in [5.74, 6) is -1.75. The molecule has 0 aliphatic carbocycles. The first-order valence-corrected chi connectivity index (χ1v) is 4.75. The van der Waals surface area contributed by atoms with Crippen molar-refractivity contribution < 1.29 is 29.3 Å². The molecule has 16 heavy (non-hydrogen) atoms. The van der Waals surface area contributed by atoms with Gasteiger partial charge in [0, 0.05) is 13.0 Å². The number of ether oxygens (including phenoxy) is 2. The number of rotatable bonds is 5. The van der Waals surface area contributed by atoms with E-state index in [1.54, 1.807) is 0 Å². The van der Waals surface area contributed by atoms with Crippen LogP contribution in [0.1, 0.15) is 6.42 Å². The number of aliphatic hydroxyl groups is 1. The topological polar surface area (TPSA) is 105 Å². The lowest BCUT2D eigenvalue weighted by atomic mass is 10.2. The summed E-state index contributed by atoms with van der Waals surface area (Å²) in [6.45, 7) is 0.749. The molecule has 0 aromatic heterocycles. The Labute approximate surface area is 91.7 Å². The van der Waals surface area contributed by atoms with Crippen LogP contribution in [0.15, 0.2) is 12.0 Å². The van der Waals surface area contributed by atoms with E-state index in [1.807, 2.05) is 0 Å². The van der Waals surface area contributed by atoms with Gasteiger partial charge in [0.05, 0.1) is 0 Å². The Morgan fingerprint density at radius 1 is 1.50 bits per heavy atom. The third-order valence-electron chi connectivity index (χ3n) is 1.86. The van der Waals surface area contributed by atoms with Gasteiger partial charge in [-0.1, -0.05) is 0 Å². The van der Waals surface area contributed by atoms with Crippen molar-refractivity contribution in [3.63, 3.8) is 0 Å². The van der Waals surface area contributed by atoms with Crippen molar-refractivity contribution in [2.75, 3.05) is 19.8 Å². The molecule has 3 N–H and O–H groups in total. The minimum Gasteiger partial charge on any atom is -0.494 e. The first kappa shape index (κ1) is 12.3. The van der Waals surface area contributed by atoms with Crippen molar-refractivity contribution in [2.24, 2.45) is 0 Å². The second-order valence-corrected chi connectivity index (χ2v) is 3.10. The first-order valence-electron chi connectivity index (χ1n) is 4.75. The second kappa shape index (κ2) is 5.96. The maximum absolute atomic E-state index is 11.3. The van der Waals surface area contributed by atoms with Crippen LogP contribution in [-0.4, -0.2) is 48.0 Å². The van der Waals surface area contributed by atoms with Gasteiger partial charge in [-0.15, -0.1) is 0 Å². The zero-order chi connectivity index (χ0) is 12.0. The Bertz CT molecular complexity index is 300. The van der Waals surface area contributed by atoms with Crippen molar-refractivity contribution in [1.82, 2.24) is 5.32 Å². The quantitative estimate of drug-likeness (QED) is 0.550. The number of carbonyl (C=O) groups is 2. The minimum absolute atomic E-state index is 0.0486. The van der Waals surface area contributed by atoms with E-state index in [9.17, 15) is 9.59 Å². The van der Waals surface area contributed by atoms with Crippen LogP contribution < -0.4 is 5.32 Å². The molecule has 0 bridgehead atoms. The molecule has 0 aromatic rings. The van der Waals surface area contributed by atoms with Crippen LogP contribution in [0.4, 0.5) is 0 Å². The Balaban J connectivity index is 2.24. The van der Waals surface area contributed by atoms with E-state index in [0.717, 1.165) is 0 Å². The van der Waals surface area contributed by atoms with Gasteiger partial charge in [-0.05, 0) is 0 Å². The average molecular weight is 231 g/mol. The highest BCUT2D eigenvalue weighted by atomic mass is 16.6. The fraction of sp³-hybridized carbons (Fsp3) is 0.556. The smallest absolute Gasteiger partial charge is 0.332 e. The number of hydrogen-bond acceptors (Lipinski definition) is 5. The monoisotopic (exact) mass is 231 g/mol. The number of carbonyl (C=O) groups excluding carboxylic acids is 1. The predicted octanol–water partition coefficient (Wildman–Crippen LogP) is -1.17. The normalized spacial score (nSPS) is 16.4. The lowest BCUT2D eigenvalue weighted by molar-refractivity contribution is -0.147. The highest BCUT2D eigenvalue weighted by Gasteiger charge is 2.16. The standard InChI is InChI=1S/C9H13NO6/c11-6(9(13)14)1-2-10-8(12)7-5-15-3-4-16-7/h5-6,11H,1-4H2,(H,10,12)(H,13,14)/t6-/m0/s1. The lowest BCUT2D eigenvalue weighted by Crippen LogP contribution is -2.32. The van der Waals surface area contributed by atoms with Gasteiger partial charge in [0.15, 0.2) is 6.10 Å². The van der Waals surface area contributed by atoms with Gasteiger partial charge in [-0.2, -0.15) is 0 Å².